The fraction of sp³-hybridized carbons (Fsp3) is 0.955. The molecular weight excluding hydrogens is 326 g/mol. The number of carbonyl (C=O) groups excluding carboxylic acids is 1. The summed E-state index contributed by atoms with van der Waals surface area (Å²) >= 11 is 0. The number of ketones is 1. The second kappa shape index (κ2) is 11.4. The monoisotopic (exact) mass is 367 g/mol. The predicted molar refractivity (Wildman–Crippen MR) is 106 cm³/mol. The minimum absolute atomic E-state index is 0.207. The number of likely N-dealkylation sites (tertiary alicyclic amines) is 1. The van der Waals surface area contributed by atoms with Gasteiger partial charge >= 0.3 is 0 Å². The van der Waals surface area contributed by atoms with Crippen LogP contribution in [0.15, 0.2) is 0 Å². The molecule has 1 saturated carbocycles. The van der Waals surface area contributed by atoms with Crippen LogP contribution in [0.5, 0.6) is 0 Å². The van der Waals surface area contributed by atoms with E-state index in [2.05, 4.69) is 18.7 Å². The van der Waals surface area contributed by atoms with Crippen LogP contribution in [0.1, 0.15) is 66.2 Å². The smallest absolute Gasteiger partial charge is 0.138 e. The van der Waals surface area contributed by atoms with Gasteiger partial charge in [-0.2, -0.15) is 0 Å². The van der Waals surface area contributed by atoms with Crippen LogP contribution in [0.4, 0.5) is 0 Å². The molecule has 0 aromatic rings. The zero-order valence-electron chi connectivity index (χ0n) is 17.5. The maximum absolute atomic E-state index is 12.2. The molecule has 2 aliphatic rings. The predicted octanol–water partition coefficient (Wildman–Crippen LogP) is 4.17. The SMILES string of the molecule is CC(C)OCCOCCN1CCC(C2CCC(C(=O)C(C)C)CC2)CC1. The van der Waals surface area contributed by atoms with Crippen molar-refractivity contribution in [3.8, 4) is 0 Å². The van der Waals surface area contributed by atoms with Gasteiger partial charge in [0.1, 0.15) is 5.78 Å². The summed E-state index contributed by atoms with van der Waals surface area (Å²) in [5.41, 5.74) is 0. The molecule has 26 heavy (non-hydrogen) atoms. The van der Waals surface area contributed by atoms with Gasteiger partial charge in [0, 0.05) is 18.4 Å². The molecule has 0 N–H and O–H groups in total. The Labute approximate surface area is 161 Å². The van der Waals surface area contributed by atoms with Crippen molar-refractivity contribution in [2.24, 2.45) is 23.7 Å². The summed E-state index contributed by atoms with van der Waals surface area (Å²) in [6, 6.07) is 0. The lowest BCUT2D eigenvalue weighted by atomic mass is 9.71. The summed E-state index contributed by atoms with van der Waals surface area (Å²) in [5, 5.41) is 0. The van der Waals surface area contributed by atoms with E-state index in [1.807, 2.05) is 13.8 Å². The third-order valence-corrected chi connectivity index (χ3v) is 6.27. The van der Waals surface area contributed by atoms with Gasteiger partial charge in [0.05, 0.1) is 25.9 Å². The third-order valence-electron chi connectivity index (χ3n) is 6.27. The van der Waals surface area contributed by atoms with Gasteiger partial charge in [0.15, 0.2) is 0 Å². The molecule has 0 aromatic carbocycles. The van der Waals surface area contributed by atoms with Gasteiger partial charge in [-0.3, -0.25) is 4.79 Å². The van der Waals surface area contributed by atoms with Gasteiger partial charge in [-0.25, -0.2) is 0 Å². The first-order valence-corrected chi connectivity index (χ1v) is 10.9. The molecule has 2 rings (SSSR count). The van der Waals surface area contributed by atoms with Gasteiger partial charge in [0.25, 0.3) is 0 Å². The number of ether oxygens (including phenoxy) is 2. The van der Waals surface area contributed by atoms with Crippen LogP contribution in [0.2, 0.25) is 0 Å². The highest BCUT2D eigenvalue weighted by Crippen LogP contribution is 2.38. The highest BCUT2D eigenvalue weighted by atomic mass is 16.5. The molecule has 0 bridgehead atoms. The molecule has 0 radical (unpaired) electrons. The highest BCUT2D eigenvalue weighted by Gasteiger charge is 2.32. The molecule has 152 valence electrons. The first-order chi connectivity index (χ1) is 12.5. The summed E-state index contributed by atoms with van der Waals surface area (Å²) in [4.78, 5) is 14.7. The largest absolute Gasteiger partial charge is 0.378 e. The average molecular weight is 368 g/mol. The number of hydrogen-bond acceptors (Lipinski definition) is 4. The summed E-state index contributed by atoms with van der Waals surface area (Å²) in [6.07, 6.45) is 7.74. The molecule has 1 aliphatic heterocycles. The van der Waals surface area contributed by atoms with E-state index in [0.29, 0.717) is 24.9 Å². The van der Waals surface area contributed by atoms with E-state index in [4.69, 9.17) is 9.47 Å². The quantitative estimate of drug-likeness (QED) is 0.543. The van der Waals surface area contributed by atoms with Crippen LogP contribution in [-0.2, 0) is 14.3 Å². The third kappa shape index (κ3) is 7.28. The molecule has 4 heteroatoms. The summed E-state index contributed by atoms with van der Waals surface area (Å²) in [5.74, 6) is 2.79. The zero-order chi connectivity index (χ0) is 18.9. The fourth-order valence-electron chi connectivity index (χ4n) is 4.63. The van der Waals surface area contributed by atoms with Gasteiger partial charge in [-0.05, 0) is 77.3 Å². The Kier molecular flexibility index (Phi) is 9.58. The van der Waals surface area contributed by atoms with Gasteiger partial charge in [-0.15, -0.1) is 0 Å². The van der Waals surface area contributed by atoms with E-state index in [1.54, 1.807) is 0 Å². The van der Waals surface area contributed by atoms with E-state index in [-0.39, 0.29) is 12.0 Å². The fourth-order valence-corrected chi connectivity index (χ4v) is 4.63. The molecule has 4 nitrogen and oxygen atoms in total. The minimum Gasteiger partial charge on any atom is -0.378 e. The van der Waals surface area contributed by atoms with Crippen molar-refractivity contribution in [2.45, 2.75) is 72.3 Å². The molecule has 0 unspecified atom stereocenters. The summed E-state index contributed by atoms with van der Waals surface area (Å²) in [7, 11) is 0. The van der Waals surface area contributed by atoms with Crippen LogP contribution >= 0.6 is 0 Å². The van der Waals surface area contributed by atoms with E-state index in [0.717, 1.165) is 37.8 Å². The van der Waals surface area contributed by atoms with Gasteiger partial charge in [-0.1, -0.05) is 13.8 Å². The van der Waals surface area contributed by atoms with Crippen LogP contribution in [0.3, 0.4) is 0 Å². The number of Topliss-reactive ketones (excluding diaryl/α,β-unsaturated/α-hetero) is 1. The van der Waals surface area contributed by atoms with Crippen molar-refractivity contribution < 1.29 is 14.3 Å². The Balaban J connectivity index is 1.55. The number of hydrogen-bond donors (Lipinski definition) is 0. The van der Waals surface area contributed by atoms with Crippen molar-refractivity contribution in [1.29, 1.82) is 0 Å². The molecule has 0 amide bonds. The Bertz CT molecular complexity index is 394. The molecule has 0 atom stereocenters. The Morgan fingerprint density at radius 3 is 2.08 bits per heavy atom. The van der Waals surface area contributed by atoms with E-state index >= 15 is 0 Å². The molecule has 2 fully saturated rings. The molecule has 0 aromatic heterocycles. The van der Waals surface area contributed by atoms with E-state index in [9.17, 15) is 4.79 Å². The lowest BCUT2D eigenvalue weighted by Gasteiger charge is -2.39. The molecule has 0 spiro atoms. The molecular formula is C22H41NO3. The maximum Gasteiger partial charge on any atom is 0.138 e. The van der Waals surface area contributed by atoms with Crippen molar-refractivity contribution in [1.82, 2.24) is 4.90 Å². The standard InChI is InChI=1S/C22H41NO3/c1-17(2)22(24)21-7-5-19(6-8-21)20-9-11-23(12-10-20)13-14-25-15-16-26-18(3)4/h17-21H,5-16H2,1-4H3. The average Bonchev–Trinajstić information content (AvgIpc) is 2.64. The van der Waals surface area contributed by atoms with Crippen LogP contribution in [0.25, 0.3) is 0 Å². The van der Waals surface area contributed by atoms with Gasteiger partial charge in [0.2, 0.25) is 0 Å². The zero-order valence-corrected chi connectivity index (χ0v) is 17.5. The Morgan fingerprint density at radius 1 is 0.885 bits per heavy atom. The summed E-state index contributed by atoms with van der Waals surface area (Å²) in [6.45, 7) is 13.9. The normalized spacial score (nSPS) is 25.9. The highest BCUT2D eigenvalue weighted by molar-refractivity contribution is 5.82. The van der Waals surface area contributed by atoms with E-state index in [1.165, 1.54) is 38.8 Å². The number of rotatable bonds is 10. The molecule has 1 saturated heterocycles. The van der Waals surface area contributed by atoms with Crippen LogP contribution in [-0.4, -0.2) is 56.2 Å². The van der Waals surface area contributed by atoms with Gasteiger partial charge < -0.3 is 14.4 Å². The second-order valence-corrected chi connectivity index (χ2v) is 8.88. The van der Waals surface area contributed by atoms with Crippen molar-refractivity contribution in [3.05, 3.63) is 0 Å². The van der Waals surface area contributed by atoms with Crippen LogP contribution < -0.4 is 0 Å². The van der Waals surface area contributed by atoms with Crippen molar-refractivity contribution >= 4 is 5.78 Å². The van der Waals surface area contributed by atoms with Crippen molar-refractivity contribution in [3.63, 3.8) is 0 Å². The topological polar surface area (TPSA) is 38.8 Å². The number of carbonyl (C=O) groups is 1. The Morgan fingerprint density at radius 2 is 1.50 bits per heavy atom. The van der Waals surface area contributed by atoms with Crippen molar-refractivity contribution in [2.75, 3.05) is 39.5 Å². The molecule has 1 aliphatic carbocycles. The lowest BCUT2D eigenvalue weighted by Crippen LogP contribution is -2.39. The van der Waals surface area contributed by atoms with E-state index < -0.39 is 0 Å². The lowest BCUT2D eigenvalue weighted by molar-refractivity contribution is -0.127. The first kappa shape index (κ1) is 21.8. The first-order valence-electron chi connectivity index (χ1n) is 10.9. The Hall–Kier alpha value is -0.450. The minimum atomic E-state index is 0.207. The second-order valence-electron chi connectivity index (χ2n) is 8.88. The number of piperidine rings is 1. The summed E-state index contributed by atoms with van der Waals surface area (Å²) < 4.78 is 11.2. The number of nitrogens with zero attached hydrogens (tertiary/aromatic N) is 1. The maximum atomic E-state index is 12.2. The molecule has 1 heterocycles. The van der Waals surface area contributed by atoms with Crippen LogP contribution in [0, 0.1) is 23.7 Å².